The Bertz CT molecular complexity index is 523. The highest BCUT2D eigenvalue weighted by molar-refractivity contribution is 6.30. The Morgan fingerprint density at radius 2 is 1.88 bits per heavy atom. The first kappa shape index (κ1) is 10.8. The number of aryl methyl sites for hydroxylation is 1. The van der Waals surface area contributed by atoms with Crippen molar-refractivity contribution >= 4 is 17.9 Å². The number of benzene rings is 1. The summed E-state index contributed by atoms with van der Waals surface area (Å²) in [5.41, 5.74) is 2.41. The third-order valence-electron chi connectivity index (χ3n) is 2.12. The van der Waals surface area contributed by atoms with Crippen LogP contribution in [-0.2, 0) is 0 Å². The van der Waals surface area contributed by atoms with Gasteiger partial charge in [0.05, 0.1) is 5.69 Å². The van der Waals surface area contributed by atoms with Gasteiger partial charge in [-0.15, -0.1) is 0 Å². The van der Waals surface area contributed by atoms with E-state index in [9.17, 15) is 4.79 Å². The fourth-order valence-electron chi connectivity index (χ4n) is 1.41. The van der Waals surface area contributed by atoms with Crippen LogP contribution in [0.25, 0.3) is 11.3 Å². The van der Waals surface area contributed by atoms with Crippen LogP contribution in [0.15, 0.2) is 30.3 Å². The minimum atomic E-state index is 0.199. The molecule has 2 aromatic rings. The maximum Gasteiger partial charge on any atom is 0.193 e. The third kappa shape index (κ3) is 2.25. The predicted octanol–water partition coefficient (Wildman–Crippen LogP) is 2.92. The maximum atomic E-state index is 10.7. The van der Waals surface area contributed by atoms with E-state index in [-0.39, 0.29) is 5.82 Å². The number of hydrogen-bond acceptors (Lipinski definition) is 3. The topological polar surface area (TPSA) is 42.9 Å². The monoisotopic (exact) mass is 232 g/mol. The van der Waals surface area contributed by atoms with Crippen LogP contribution < -0.4 is 0 Å². The van der Waals surface area contributed by atoms with Crippen LogP contribution in [0.4, 0.5) is 0 Å². The lowest BCUT2D eigenvalue weighted by Crippen LogP contribution is -1.97. The quantitative estimate of drug-likeness (QED) is 0.748. The van der Waals surface area contributed by atoms with Gasteiger partial charge in [0.15, 0.2) is 12.1 Å². The van der Waals surface area contributed by atoms with E-state index in [1.807, 2.05) is 25.1 Å². The molecule has 0 aliphatic heterocycles. The molecule has 0 fully saturated rings. The Kier molecular flexibility index (Phi) is 2.97. The summed E-state index contributed by atoms with van der Waals surface area (Å²) in [5.74, 6) is 0.199. The molecule has 0 N–H and O–H groups in total. The number of aldehydes is 1. The summed E-state index contributed by atoms with van der Waals surface area (Å²) in [6, 6.07) is 9.12. The standard InChI is InChI=1S/C12H9ClN2O/c1-8-6-11(15-12(7-16)14-8)9-2-4-10(13)5-3-9/h2-7H,1H3. The summed E-state index contributed by atoms with van der Waals surface area (Å²) in [7, 11) is 0. The van der Waals surface area contributed by atoms with Gasteiger partial charge >= 0.3 is 0 Å². The number of aromatic nitrogens is 2. The van der Waals surface area contributed by atoms with Gasteiger partial charge in [-0.1, -0.05) is 23.7 Å². The van der Waals surface area contributed by atoms with Crippen LogP contribution in [0.3, 0.4) is 0 Å². The Morgan fingerprint density at radius 1 is 1.19 bits per heavy atom. The lowest BCUT2D eigenvalue weighted by molar-refractivity contribution is 0.111. The second kappa shape index (κ2) is 4.41. The normalized spacial score (nSPS) is 10.1. The second-order valence-corrected chi connectivity index (χ2v) is 3.81. The first-order valence-corrected chi connectivity index (χ1v) is 5.13. The third-order valence-corrected chi connectivity index (χ3v) is 2.37. The minimum Gasteiger partial charge on any atom is -0.294 e. The van der Waals surface area contributed by atoms with Crippen molar-refractivity contribution in [3.63, 3.8) is 0 Å². The van der Waals surface area contributed by atoms with E-state index in [1.54, 1.807) is 12.1 Å². The SMILES string of the molecule is Cc1cc(-c2ccc(Cl)cc2)nc(C=O)n1. The van der Waals surface area contributed by atoms with E-state index in [4.69, 9.17) is 11.6 Å². The Labute approximate surface area is 98.1 Å². The maximum absolute atomic E-state index is 10.7. The molecule has 0 bridgehead atoms. The van der Waals surface area contributed by atoms with Gasteiger partial charge in [-0.25, -0.2) is 9.97 Å². The van der Waals surface area contributed by atoms with E-state index in [0.717, 1.165) is 17.0 Å². The van der Waals surface area contributed by atoms with Crippen LogP contribution in [0.1, 0.15) is 16.3 Å². The molecule has 3 nitrogen and oxygen atoms in total. The molecule has 1 aromatic heterocycles. The van der Waals surface area contributed by atoms with Crippen molar-refractivity contribution in [2.75, 3.05) is 0 Å². The van der Waals surface area contributed by atoms with Crippen LogP contribution in [0.2, 0.25) is 5.02 Å². The van der Waals surface area contributed by atoms with Crippen LogP contribution >= 0.6 is 11.6 Å². The van der Waals surface area contributed by atoms with E-state index in [1.165, 1.54) is 0 Å². The molecule has 0 spiro atoms. The summed E-state index contributed by atoms with van der Waals surface area (Å²) in [4.78, 5) is 18.8. The van der Waals surface area contributed by atoms with Crippen molar-refractivity contribution in [1.29, 1.82) is 0 Å². The van der Waals surface area contributed by atoms with Crippen molar-refractivity contribution in [3.05, 3.63) is 46.9 Å². The molecule has 80 valence electrons. The Hall–Kier alpha value is -1.74. The number of halogens is 1. The molecule has 16 heavy (non-hydrogen) atoms. The molecule has 0 atom stereocenters. The van der Waals surface area contributed by atoms with E-state index in [2.05, 4.69) is 9.97 Å². The second-order valence-electron chi connectivity index (χ2n) is 3.38. The van der Waals surface area contributed by atoms with Crippen LogP contribution in [0.5, 0.6) is 0 Å². The van der Waals surface area contributed by atoms with E-state index >= 15 is 0 Å². The number of hydrogen-bond donors (Lipinski definition) is 0. The molecule has 1 heterocycles. The molecule has 2 rings (SSSR count). The lowest BCUT2D eigenvalue weighted by Gasteiger charge is -2.02. The van der Waals surface area contributed by atoms with Gasteiger partial charge < -0.3 is 0 Å². The van der Waals surface area contributed by atoms with Crippen molar-refractivity contribution in [2.45, 2.75) is 6.92 Å². The number of carbonyl (C=O) groups excluding carboxylic acids is 1. The van der Waals surface area contributed by atoms with Gasteiger partial charge in [-0.05, 0) is 25.1 Å². The Morgan fingerprint density at radius 3 is 2.50 bits per heavy atom. The molecule has 0 aliphatic carbocycles. The largest absolute Gasteiger partial charge is 0.294 e. The minimum absolute atomic E-state index is 0.199. The smallest absolute Gasteiger partial charge is 0.193 e. The van der Waals surface area contributed by atoms with Gasteiger partial charge in [0, 0.05) is 16.3 Å². The fourth-order valence-corrected chi connectivity index (χ4v) is 1.54. The zero-order chi connectivity index (χ0) is 11.5. The van der Waals surface area contributed by atoms with E-state index in [0.29, 0.717) is 11.3 Å². The molecule has 0 radical (unpaired) electrons. The van der Waals surface area contributed by atoms with Gasteiger partial charge in [0.25, 0.3) is 0 Å². The number of rotatable bonds is 2. The molecule has 0 saturated carbocycles. The van der Waals surface area contributed by atoms with Gasteiger partial charge in [0.1, 0.15) is 0 Å². The first-order valence-electron chi connectivity index (χ1n) is 4.76. The van der Waals surface area contributed by atoms with Crippen LogP contribution in [0, 0.1) is 6.92 Å². The Balaban J connectivity index is 2.51. The zero-order valence-electron chi connectivity index (χ0n) is 8.64. The van der Waals surface area contributed by atoms with Crippen LogP contribution in [-0.4, -0.2) is 16.3 Å². The zero-order valence-corrected chi connectivity index (χ0v) is 9.40. The van der Waals surface area contributed by atoms with E-state index < -0.39 is 0 Å². The van der Waals surface area contributed by atoms with Crippen molar-refractivity contribution < 1.29 is 4.79 Å². The van der Waals surface area contributed by atoms with Crippen molar-refractivity contribution in [3.8, 4) is 11.3 Å². The summed E-state index contributed by atoms with van der Waals surface area (Å²) < 4.78 is 0. The summed E-state index contributed by atoms with van der Waals surface area (Å²) >= 11 is 5.80. The number of carbonyl (C=O) groups is 1. The number of nitrogens with zero attached hydrogens (tertiary/aromatic N) is 2. The summed E-state index contributed by atoms with van der Waals surface area (Å²) in [6.45, 7) is 1.83. The molecule has 1 aromatic carbocycles. The molecule has 0 saturated heterocycles. The highest BCUT2D eigenvalue weighted by atomic mass is 35.5. The summed E-state index contributed by atoms with van der Waals surface area (Å²) in [5, 5.41) is 0.671. The average molecular weight is 233 g/mol. The lowest BCUT2D eigenvalue weighted by atomic mass is 10.1. The summed E-state index contributed by atoms with van der Waals surface area (Å²) in [6.07, 6.45) is 0.645. The highest BCUT2D eigenvalue weighted by Crippen LogP contribution is 2.19. The molecule has 0 amide bonds. The van der Waals surface area contributed by atoms with Gasteiger partial charge in [-0.3, -0.25) is 4.79 Å². The van der Waals surface area contributed by atoms with Gasteiger partial charge in [0.2, 0.25) is 0 Å². The average Bonchev–Trinajstić information content (AvgIpc) is 2.29. The molecule has 0 unspecified atom stereocenters. The van der Waals surface area contributed by atoms with Gasteiger partial charge in [-0.2, -0.15) is 0 Å². The molecular formula is C12H9ClN2O. The first-order chi connectivity index (χ1) is 7.69. The highest BCUT2D eigenvalue weighted by Gasteiger charge is 2.03. The molecule has 0 aliphatic rings. The fraction of sp³-hybridized carbons (Fsp3) is 0.0833. The molecular weight excluding hydrogens is 224 g/mol. The predicted molar refractivity (Wildman–Crippen MR) is 62.6 cm³/mol. The molecule has 4 heteroatoms. The van der Waals surface area contributed by atoms with Crippen molar-refractivity contribution in [1.82, 2.24) is 9.97 Å². The van der Waals surface area contributed by atoms with Crippen molar-refractivity contribution in [2.24, 2.45) is 0 Å².